The Morgan fingerprint density at radius 3 is 2.55 bits per heavy atom. The minimum atomic E-state index is -0.834. The van der Waals surface area contributed by atoms with Gasteiger partial charge < -0.3 is 10.0 Å². The Balaban J connectivity index is 1.47. The third-order valence-corrected chi connectivity index (χ3v) is 4.93. The molecule has 2 unspecified atom stereocenters. The second kappa shape index (κ2) is 5.54. The van der Waals surface area contributed by atoms with E-state index < -0.39 is 11.9 Å². The molecule has 1 aliphatic heterocycles. The molecule has 0 bridgehead atoms. The van der Waals surface area contributed by atoms with Crippen LogP contribution in [0.25, 0.3) is 0 Å². The van der Waals surface area contributed by atoms with Crippen molar-refractivity contribution in [2.45, 2.75) is 13.0 Å². The van der Waals surface area contributed by atoms with Crippen LogP contribution in [0.4, 0.5) is 0 Å². The van der Waals surface area contributed by atoms with Crippen LogP contribution in [-0.4, -0.2) is 53.0 Å². The smallest absolute Gasteiger partial charge is 0.307 e. The maximum atomic E-state index is 12.1. The summed E-state index contributed by atoms with van der Waals surface area (Å²) in [6.07, 6.45) is 0.517. The van der Waals surface area contributed by atoms with E-state index in [2.05, 4.69) is 22.4 Å². The highest BCUT2D eigenvalue weighted by Gasteiger charge is 2.49. The van der Waals surface area contributed by atoms with Crippen LogP contribution >= 0.6 is 11.3 Å². The summed E-state index contributed by atoms with van der Waals surface area (Å²) in [6, 6.07) is 4.18. The summed E-state index contributed by atoms with van der Waals surface area (Å²) >= 11 is 1.75. The van der Waals surface area contributed by atoms with Gasteiger partial charge in [-0.25, -0.2) is 0 Å². The molecular weight excluding hydrogens is 276 g/mol. The van der Waals surface area contributed by atoms with Crippen molar-refractivity contribution >= 4 is 23.2 Å². The molecule has 108 valence electrons. The van der Waals surface area contributed by atoms with Gasteiger partial charge in [-0.3, -0.25) is 14.5 Å². The van der Waals surface area contributed by atoms with E-state index in [-0.39, 0.29) is 11.8 Å². The predicted octanol–water partition coefficient (Wildman–Crippen LogP) is 1.11. The Kier molecular flexibility index (Phi) is 3.76. The zero-order chi connectivity index (χ0) is 14.1. The van der Waals surface area contributed by atoms with E-state index in [9.17, 15) is 9.59 Å². The quantitative estimate of drug-likeness (QED) is 0.904. The number of carboxylic acid groups (broad SMARTS) is 1. The highest BCUT2D eigenvalue weighted by molar-refractivity contribution is 7.09. The molecule has 1 aromatic heterocycles. The lowest BCUT2D eigenvalue weighted by atomic mass is 10.2. The first-order valence-electron chi connectivity index (χ1n) is 6.91. The third kappa shape index (κ3) is 2.86. The molecule has 3 rings (SSSR count). The van der Waals surface area contributed by atoms with Crippen molar-refractivity contribution in [1.82, 2.24) is 9.80 Å². The maximum absolute atomic E-state index is 12.1. The zero-order valence-electron chi connectivity index (χ0n) is 11.2. The molecule has 1 saturated heterocycles. The summed E-state index contributed by atoms with van der Waals surface area (Å²) in [5.41, 5.74) is 0. The van der Waals surface area contributed by atoms with Crippen molar-refractivity contribution in [2.24, 2.45) is 11.8 Å². The number of carboxylic acids is 1. The lowest BCUT2D eigenvalue weighted by Crippen LogP contribution is -2.48. The molecule has 20 heavy (non-hydrogen) atoms. The number of thiophene rings is 1. The maximum Gasteiger partial charge on any atom is 0.307 e. The summed E-state index contributed by atoms with van der Waals surface area (Å²) in [6.45, 7) is 4.11. The Bertz CT molecular complexity index is 495. The van der Waals surface area contributed by atoms with Crippen molar-refractivity contribution in [3.05, 3.63) is 22.4 Å². The molecule has 1 saturated carbocycles. The average Bonchev–Trinajstić information content (AvgIpc) is 3.10. The van der Waals surface area contributed by atoms with Crippen molar-refractivity contribution in [2.75, 3.05) is 26.2 Å². The van der Waals surface area contributed by atoms with Gasteiger partial charge in [-0.1, -0.05) is 6.07 Å². The van der Waals surface area contributed by atoms with Crippen LogP contribution in [0.2, 0.25) is 0 Å². The summed E-state index contributed by atoms with van der Waals surface area (Å²) in [5.74, 6) is -1.50. The van der Waals surface area contributed by atoms with Gasteiger partial charge in [0.1, 0.15) is 0 Å². The second-order valence-corrected chi connectivity index (χ2v) is 6.50. The largest absolute Gasteiger partial charge is 0.481 e. The number of rotatable bonds is 4. The Morgan fingerprint density at radius 2 is 2.00 bits per heavy atom. The van der Waals surface area contributed by atoms with Gasteiger partial charge in [0.2, 0.25) is 5.91 Å². The van der Waals surface area contributed by atoms with E-state index in [1.54, 1.807) is 11.3 Å². The van der Waals surface area contributed by atoms with E-state index >= 15 is 0 Å². The van der Waals surface area contributed by atoms with Crippen molar-refractivity contribution in [3.63, 3.8) is 0 Å². The number of nitrogens with zero attached hydrogens (tertiary/aromatic N) is 2. The van der Waals surface area contributed by atoms with Crippen molar-refractivity contribution in [3.8, 4) is 0 Å². The van der Waals surface area contributed by atoms with Gasteiger partial charge in [-0.05, 0) is 17.9 Å². The van der Waals surface area contributed by atoms with Crippen molar-refractivity contribution < 1.29 is 14.7 Å². The predicted molar refractivity (Wildman–Crippen MR) is 75.4 cm³/mol. The van der Waals surface area contributed by atoms with Gasteiger partial charge in [0, 0.05) is 37.6 Å². The number of aliphatic carboxylic acids is 1. The number of carbonyl (C=O) groups excluding carboxylic acids is 1. The van der Waals surface area contributed by atoms with Crippen LogP contribution in [-0.2, 0) is 16.1 Å². The fourth-order valence-electron chi connectivity index (χ4n) is 2.72. The first kappa shape index (κ1) is 13.6. The first-order valence-corrected chi connectivity index (χ1v) is 7.79. The van der Waals surface area contributed by atoms with Crippen molar-refractivity contribution in [1.29, 1.82) is 0 Å². The Hall–Kier alpha value is -1.40. The van der Waals surface area contributed by atoms with E-state index in [4.69, 9.17) is 5.11 Å². The molecule has 1 aliphatic carbocycles. The lowest BCUT2D eigenvalue weighted by molar-refractivity contribution is -0.142. The molecule has 6 heteroatoms. The number of amides is 1. The highest BCUT2D eigenvalue weighted by atomic mass is 32.1. The molecule has 5 nitrogen and oxygen atoms in total. The van der Waals surface area contributed by atoms with Gasteiger partial charge >= 0.3 is 5.97 Å². The monoisotopic (exact) mass is 294 g/mol. The molecule has 0 spiro atoms. The van der Waals surface area contributed by atoms with Crippen LogP contribution in [0.1, 0.15) is 11.3 Å². The number of piperazine rings is 1. The summed E-state index contributed by atoms with van der Waals surface area (Å²) in [4.78, 5) is 28.5. The Labute approximate surface area is 121 Å². The Morgan fingerprint density at radius 1 is 1.25 bits per heavy atom. The van der Waals surface area contributed by atoms with E-state index in [0.717, 1.165) is 19.6 Å². The molecular formula is C14H18N2O3S. The zero-order valence-corrected chi connectivity index (χ0v) is 12.0. The number of hydrogen-bond acceptors (Lipinski definition) is 4. The van der Waals surface area contributed by atoms with Gasteiger partial charge in [0.15, 0.2) is 0 Å². The summed E-state index contributed by atoms with van der Waals surface area (Å²) in [7, 11) is 0. The van der Waals surface area contributed by atoms with Crippen LogP contribution in [0.3, 0.4) is 0 Å². The van der Waals surface area contributed by atoms with E-state index in [1.807, 2.05) is 4.90 Å². The molecule has 1 amide bonds. The molecule has 2 atom stereocenters. The lowest BCUT2D eigenvalue weighted by Gasteiger charge is -2.34. The normalized spacial score (nSPS) is 26.5. The first-order chi connectivity index (χ1) is 9.65. The highest BCUT2D eigenvalue weighted by Crippen LogP contribution is 2.40. The van der Waals surface area contributed by atoms with Gasteiger partial charge in [0.25, 0.3) is 0 Å². The standard InChI is InChI=1S/C14H18N2O3S/c17-13(11-8-12(11)14(18)19)16-5-3-15(4-6-16)9-10-2-1-7-20-10/h1-2,7,11-12H,3-6,8-9H2,(H,18,19). The van der Waals surface area contributed by atoms with Crippen LogP contribution in [0.15, 0.2) is 17.5 Å². The molecule has 0 aromatic carbocycles. The second-order valence-electron chi connectivity index (χ2n) is 5.47. The molecule has 2 fully saturated rings. The SMILES string of the molecule is O=C(O)C1CC1C(=O)N1CCN(Cc2cccs2)CC1. The topological polar surface area (TPSA) is 60.9 Å². The van der Waals surface area contributed by atoms with Gasteiger partial charge in [-0.15, -0.1) is 11.3 Å². The fraction of sp³-hybridized carbons (Fsp3) is 0.571. The number of hydrogen-bond donors (Lipinski definition) is 1. The van der Waals surface area contributed by atoms with E-state index in [0.29, 0.717) is 19.5 Å². The van der Waals surface area contributed by atoms with Crippen LogP contribution in [0, 0.1) is 11.8 Å². The van der Waals surface area contributed by atoms with Crippen LogP contribution < -0.4 is 0 Å². The number of carbonyl (C=O) groups is 2. The van der Waals surface area contributed by atoms with Crippen LogP contribution in [0.5, 0.6) is 0 Å². The third-order valence-electron chi connectivity index (χ3n) is 4.07. The molecule has 0 radical (unpaired) electrons. The van der Waals surface area contributed by atoms with Gasteiger partial charge in [0.05, 0.1) is 11.8 Å². The molecule has 2 heterocycles. The summed E-state index contributed by atoms with van der Waals surface area (Å²) < 4.78 is 0. The molecule has 2 aliphatic rings. The molecule has 1 aromatic rings. The fourth-order valence-corrected chi connectivity index (χ4v) is 3.47. The minimum absolute atomic E-state index is 0.0353. The van der Waals surface area contributed by atoms with E-state index in [1.165, 1.54) is 4.88 Å². The minimum Gasteiger partial charge on any atom is -0.481 e. The average molecular weight is 294 g/mol. The molecule has 1 N–H and O–H groups in total. The van der Waals surface area contributed by atoms with Gasteiger partial charge in [-0.2, -0.15) is 0 Å². The summed E-state index contributed by atoms with van der Waals surface area (Å²) in [5, 5.41) is 11.0.